The van der Waals surface area contributed by atoms with Crippen LogP contribution >= 0.6 is 27.7 Å². The zero-order chi connectivity index (χ0) is 25.9. The predicted molar refractivity (Wildman–Crippen MR) is 141 cm³/mol. The number of thioether (sulfide) groups is 1. The van der Waals surface area contributed by atoms with E-state index in [0.717, 1.165) is 22.2 Å². The number of imide groups is 1. The molecule has 0 saturated carbocycles. The number of rotatable bonds is 7. The van der Waals surface area contributed by atoms with Gasteiger partial charge in [-0.15, -0.1) is 0 Å². The maximum atomic E-state index is 12.7. The standard InChI is InChI=1S/C25H19BrN2O6S2/c1-16-7-10-19(11-8-16)36(32,33)34-21-12-9-17(13-20(21)26)14-22-24(30)28(25(31)35-22)15-23(29)27-18-5-3-2-4-6-18/h2-14H,15H2,1H3,(H,27,29)/b22-14-. The van der Waals surface area contributed by atoms with Gasteiger partial charge in [-0.05, 0) is 82.7 Å². The molecule has 0 atom stereocenters. The van der Waals surface area contributed by atoms with E-state index in [2.05, 4.69) is 21.2 Å². The highest BCUT2D eigenvalue weighted by Crippen LogP contribution is 2.34. The number of nitrogens with one attached hydrogen (secondary N) is 1. The van der Waals surface area contributed by atoms with Gasteiger partial charge in [-0.25, -0.2) is 0 Å². The molecule has 0 aromatic heterocycles. The number of para-hydroxylation sites is 1. The third-order valence-electron chi connectivity index (χ3n) is 5.00. The van der Waals surface area contributed by atoms with E-state index < -0.39 is 33.7 Å². The average molecular weight is 587 g/mol. The van der Waals surface area contributed by atoms with Crippen molar-refractivity contribution < 1.29 is 27.0 Å². The zero-order valence-electron chi connectivity index (χ0n) is 18.8. The van der Waals surface area contributed by atoms with Gasteiger partial charge >= 0.3 is 10.1 Å². The van der Waals surface area contributed by atoms with Gasteiger partial charge in [-0.3, -0.25) is 19.3 Å². The summed E-state index contributed by atoms with van der Waals surface area (Å²) >= 11 is 4.02. The Morgan fingerprint density at radius 1 is 1.06 bits per heavy atom. The van der Waals surface area contributed by atoms with Crippen molar-refractivity contribution in [2.45, 2.75) is 11.8 Å². The summed E-state index contributed by atoms with van der Waals surface area (Å²) in [4.78, 5) is 38.4. The normalized spacial score (nSPS) is 14.8. The summed E-state index contributed by atoms with van der Waals surface area (Å²) < 4.78 is 30.7. The highest BCUT2D eigenvalue weighted by Gasteiger charge is 2.36. The van der Waals surface area contributed by atoms with Gasteiger partial charge in [0.05, 0.1) is 9.38 Å². The molecule has 1 fully saturated rings. The lowest BCUT2D eigenvalue weighted by molar-refractivity contribution is -0.127. The molecule has 0 bridgehead atoms. The monoisotopic (exact) mass is 586 g/mol. The zero-order valence-corrected chi connectivity index (χ0v) is 22.0. The van der Waals surface area contributed by atoms with Gasteiger partial charge in [0.25, 0.3) is 11.1 Å². The number of carbonyl (C=O) groups is 3. The van der Waals surface area contributed by atoms with E-state index in [9.17, 15) is 22.8 Å². The average Bonchev–Trinajstić information content (AvgIpc) is 3.09. The molecular formula is C25H19BrN2O6S2. The Kier molecular flexibility index (Phi) is 7.62. The third-order valence-corrected chi connectivity index (χ3v) is 7.77. The number of amides is 3. The molecule has 0 spiro atoms. The van der Waals surface area contributed by atoms with Gasteiger partial charge in [0.15, 0.2) is 5.75 Å². The molecule has 0 aliphatic carbocycles. The second-order valence-electron chi connectivity index (χ2n) is 7.72. The number of carbonyl (C=O) groups excluding carboxylic acids is 3. The maximum Gasteiger partial charge on any atom is 0.339 e. The van der Waals surface area contributed by atoms with Crippen molar-refractivity contribution >= 4 is 66.6 Å². The summed E-state index contributed by atoms with van der Waals surface area (Å²) in [5.41, 5.74) is 2.00. The first-order valence-corrected chi connectivity index (χ1v) is 13.6. The van der Waals surface area contributed by atoms with E-state index in [-0.39, 0.29) is 15.6 Å². The Morgan fingerprint density at radius 2 is 1.75 bits per heavy atom. The number of halogens is 1. The van der Waals surface area contributed by atoms with Crippen LogP contribution in [0, 0.1) is 6.92 Å². The van der Waals surface area contributed by atoms with E-state index in [1.54, 1.807) is 54.6 Å². The van der Waals surface area contributed by atoms with Gasteiger partial charge in [0, 0.05) is 5.69 Å². The van der Waals surface area contributed by atoms with Crippen molar-refractivity contribution in [3.05, 3.63) is 93.3 Å². The van der Waals surface area contributed by atoms with Crippen molar-refractivity contribution in [1.82, 2.24) is 4.90 Å². The fraction of sp³-hybridized carbons (Fsp3) is 0.0800. The van der Waals surface area contributed by atoms with Gasteiger partial charge in [-0.1, -0.05) is 42.0 Å². The van der Waals surface area contributed by atoms with Gasteiger partial charge in [0.2, 0.25) is 5.91 Å². The summed E-state index contributed by atoms with van der Waals surface area (Å²) in [7, 11) is -4.04. The largest absolute Gasteiger partial charge is 0.378 e. The Labute approximate surface area is 220 Å². The van der Waals surface area contributed by atoms with E-state index in [1.807, 2.05) is 6.92 Å². The highest BCUT2D eigenvalue weighted by molar-refractivity contribution is 9.10. The molecule has 8 nitrogen and oxygen atoms in total. The molecule has 3 amide bonds. The molecule has 0 radical (unpaired) electrons. The Morgan fingerprint density at radius 3 is 2.42 bits per heavy atom. The summed E-state index contributed by atoms with van der Waals surface area (Å²) in [5.74, 6) is -1.02. The van der Waals surface area contributed by atoms with Crippen molar-refractivity contribution in [3.8, 4) is 5.75 Å². The SMILES string of the molecule is Cc1ccc(S(=O)(=O)Oc2ccc(/C=C3\SC(=O)N(CC(=O)Nc4ccccc4)C3=O)cc2Br)cc1. The minimum absolute atomic E-state index is 0.0223. The molecule has 3 aromatic carbocycles. The molecule has 1 aliphatic rings. The second-order valence-corrected chi connectivity index (χ2v) is 11.1. The lowest BCUT2D eigenvalue weighted by Crippen LogP contribution is -2.36. The van der Waals surface area contributed by atoms with Gasteiger partial charge in [0.1, 0.15) is 11.4 Å². The van der Waals surface area contributed by atoms with E-state index in [4.69, 9.17) is 4.18 Å². The summed E-state index contributed by atoms with van der Waals surface area (Å²) in [5, 5.41) is 2.08. The van der Waals surface area contributed by atoms with Crippen LogP contribution in [0.15, 0.2) is 87.1 Å². The fourth-order valence-corrected chi connectivity index (χ4v) is 5.57. The highest BCUT2D eigenvalue weighted by atomic mass is 79.9. The van der Waals surface area contributed by atoms with Gasteiger partial charge < -0.3 is 9.50 Å². The Bertz CT molecular complexity index is 1470. The quantitative estimate of drug-likeness (QED) is 0.299. The first-order chi connectivity index (χ1) is 17.1. The van der Waals surface area contributed by atoms with Crippen LogP contribution < -0.4 is 9.50 Å². The number of anilines is 1. The topological polar surface area (TPSA) is 110 Å². The van der Waals surface area contributed by atoms with Gasteiger partial charge in [-0.2, -0.15) is 8.42 Å². The molecular weight excluding hydrogens is 568 g/mol. The van der Waals surface area contributed by atoms with Crippen LogP contribution in [0.5, 0.6) is 5.75 Å². The molecule has 0 unspecified atom stereocenters. The predicted octanol–water partition coefficient (Wildman–Crippen LogP) is 5.20. The third kappa shape index (κ3) is 6.04. The van der Waals surface area contributed by atoms with Crippen LogP contribution in [-0.4, -0.2) is 36.9 Å². The summed E-state index contributed by atoms with van der Waals surface area (Å²) in [6.45, 7) is 1.44. The molecule has 36 heavy (non-hydrogen) atoms. The van der Waals surface area contributed by atoms with Crippen molar-refractivity contribution in [1.29, 1.82) is 0 Å². The maximum absolute atomic E-state index is 12.7. The number of aryl methyl sites for hydroxylation is 1. The number of nitrogens with zero attached hydrogens (tertiary/aromatic N) is 1. The molecule has 1 aliphatic heterocycles. The Hall–Kier alpha value is -3.41. The number of hydrogen-bond acceptors (Lipinski definition) is 7. The van der Waals surface area contributed by atoms with Crippen LogP contribution in [0.2, 0.25) is 0 Å². The number of benzene rings is 3. The van der Waals surface area contributed by atoms with E-state index in [1.165, 1.54) is 24.3 Å². The second kappa shape index (κ2) is 10.7. The minimum Gasteiger partial charge on any atom is -0.378 e. The summed E-state index contributed by atoms with van der Waals surface area (Å²) in [6, 6.07) is 19.5. The molecule has 11 heteroatoms. The number of hydrogen-bond donors (Lipinski definition) is 1. The van der Waals surface area contributed by atoms with Crippen LogP contribution in [0.25, 0.3) is 6.08 Å². The van der Waals surface area contributed by atoms with Crippen LogP contribution in [0.4, 0.5) is 10.5 Å². The van der Waals surface area contributed by atoms with E-state index >= 15 is 0 Å². The molecule has 1 saturated heterocycles. The van der Waals surface area contributed by atoms with Crippen molar-refractivity contribution in [2.75, 3.05) is 11.9 Å². The smallest absolute Gasteiger partial charge is 0.339 e. The molecule has 184 valence electrons. The first kappa shape index (κ1) is 25.7. The van der Waals surface area contributed by atoms with Crippen LogP contribution in [0.1, 0.15) is 11.1 Å². The van der Waals surface area contributed by atoms with Crippen LogP contribution in [0.3, 0.4) is 0 Å². The first-order valence-electron chi connectivity index (χ1n) is 10.5. The Balaban J connectivity index is 1.45. The summed E-state index contributed by atoms with van der Waals surface area (Å²) in [6.07, 6.45) is 1.49. The molecule has 1 N–H and O–H groups in total. The van der Waals surface area contributed by atoms with Crippen LogP contribution in [-0.2, 0) is 19.7 Å². The van der Waals surface area contributed by atoms with E-state index in [0.29, 0.717) is 15.7 Å². The minimum atomic E-state index is -4.04. The molecule has 1 heterocycles. The van der Waals surface area contributed by atoms with Crippen molar-refractivity contribution in [2.24, 2.45) is 0 Å². The lowest BCUT2D eigenvalue weighted by atomic mass is 10.2. The molecule has 3 aromatic rings. The lowest BCUT2D eigenvalue weighted by Gasteiger charge is -2.12. The fourth-order valence-electron chi connectivity index (χ4n) is 3.20. The molecule has 4 rings (SSSR count). The van der Waals surface area contributed by atoms with Crippen molar-refractivity contribution in [3.63, 3.8) is 0 Å².